The van der Waals surface area contributed by atoms with Crippen LogP contribution in [0.1, 0.15) is 21.0 Å². The van der Waals surface area contributed by atoms with Crippen LogP contribution in [0.25, 0.3) is 0 Å². The molecule has 2 N–H and O–H groups in total. The fourth-order valence-corrected chi connectivity index (χ4v) is 2.46. The van der Waals surface area contributed by atoms with Gasteiger partial charge in [-0.1, -0.05) is 17.7 Å². The Bertz CT molecular complexity index is 691. The molecule has 2 rings (SSSR count). The summed E-state index contributed by atoms with van der Waals surface area (Å²) in [4.78, 5) is 26.6. The number of aromatic carboxylic acids is 1. The number of benzene rings is 1. The summed E-state index contributed by atoms with van der Waals surface area (Å²) in [7, 11) is 0. The van der Waals surface area contributed by atoms with Gasteiger partial charge in [0.2, 0.25) is 0 Å². The van der Waals surface area contributed by atoms with Crippen molar-refractivity contribution in [3.8, 4) is 0 Å². The van der Waals surface area contributed by atoms with E-state index in [4.69, 9.17) is 16.7 Å². The van der Waals surface area contributed by atoms with Gasteiger partial charge in [-0.2, -0.15) is 0 Å². The molecule has 7 heteroatoms. The third-order valence-electron chi connectivity index (χ3n) is 2.38. The molecule has 0 saturated carbocycles. The molecule has 102 valence electrons. The molecule has 1 heterocycles. The minimum atomic E-state index is -1.18. The van der Waals surface area contributed by atoms with E-state index in [1.54, 1.807) is 18.2 Å². The first-order valence-corrected chi connectivity index (χ1v) is 6.90. The van der Waals surface area contributed by atoms with Crippen molar-refractivity contribution in [3.05, 3.63) is 56.4 Å². The maximum Gasteiger partial charge on any atom is 0.354 e. The molecule has 0 spiro atoms. The Morgan fingerprint density at radius 3 is 2.55 bits per heavy atom. The van der Waals surface area contributed by atoms with Crippen molar-refractivity contribution in [2.75, 3.05) is 5.32 Å². The fourth-order valence-electron chi connectivity index (χ4n) is 1.46. The maximum atomic E-state index is 12.0. The Balaban J connectivity index is 2.24. The van der Waals surface area contributed by atoms with Gasteiger partial charge in [0.1, 0.15) is 11.4 Å². The zero-order chi connectivity index (χ0) is 14.7. The summed E-state index contributed by atoms with van der Waals surface area (Å²) in [5.41, 5.74) is 0.446. The maximum absolute atomic E-state index is 12.0. The zero-order valence-corrected chi connectivity index (χ0v) is 12.8. The lowest BCUT2D eigenvalue weighted by molar-refractivity contribution is 0.0690. The van der Waals surface area contributed by atoms with E-state index < -0.39 is 11.9 Å². The Kier molecular flexibility index (Phi) is 4.56. The molecule has 20 heavy (non-hydrogen) atoms. The molecule has 0 aliphatic heterocycles. The van der Waals surface area contributed by atoms with Crippen LogP contribution in [-0.2, 0) is 0 Å². The molecule has 0 unspecified atom stereocenters. The first kappa shape index (κ1) is 14.7. The molecule has 5 nitrogen and oxygen atoms in total. The second-order valence-corrected chi connectivity index (χ2v) is 5.39. The number of halogens is 2. The van der Waals surface area contributed by atoms with Crippen molar-refractivity contribution in [2.24, 2.45) is 0 Å². The van der Waals surface area contributed by atoms with Crippen LogP contribution in [0.15, 0.2) is 36.4 Å². The number of anilines is 1. The highest BCUT2D eigenvalue weighted by atomic mass is 127. The smallest absolute Gasteiger partial charge is 0.354 e. The van der Waals surface area contributed by atoms with Crippen LogP contribution >= 0.6 is 34.2 Å². The van der Waals surface area contributed by atoms with Gasteiger partial charge >= 0.3 is 5.97 Å². The Hall–Kier alpha value is -1.67. The van der Waals surface area contributed by atoms with Gasteiger partial charge in [0.05, 0.1) is 5.69 Å². The summed E-state index contributed by atoms with van der Waals surface area (Å²) >= 11 is 7.87. The normalized spacial score (nSPS) is 10.1. The van der Waals surface area contributed by atoms with Crippen molar-refractivity contribution in [2.45, 2.75) is 0 Å². The summed E-state index contributed by atoms with van der Waals surface area (Å²) in [6.07, 6.45) is 0. The van der Waals surface area contributed by atoms with Crippen LogP contribution in [-0.4, -0.2) is 22.0 Å². The van der Waals surface area contributed by atoms with E-state index in [-0.39, 0.29) is 11.4 Å². The van der Waals surface area contributed by atoms with Gasteiger partial charge in [-0.15, -0.1) is 0 Å². The van der Waals surface area contributed by atoms with Gasteiger partial charge in [0.15, 0.2) is 0 Å². The third-order valence-corrected chi connectivity index (χ3v) is 3.51. The summed E-state index contributed by atoms with van der Waals surface area (Å²) in [5, 5.41) is 12.1. The van der Waals surface area contributed by atoms with E-state index in [0.717, 1.165) is 3.57 Å². The highest BCUT2D eigenvalue weighted by Crippen LogP contribution is 2.22. The lowest BCUT2D eigenvalue weighted by atomic mass is 10.2. The van der Waals surface area contributed by atoms with Gasteiger partial charge < -0.3 is 10.4 Å². The van der Waals surface area contributed by atoms with Gasteiger partial charge in [0.25, 0.3) is 5.91 Å². The number of nitrogens with one attached hydrogen (secondary N) is 1. The molecule has 1 aromatic heterocycles. The van der Waals surface area contributed by atoms with E-state index in [9.17, 15) is 9.59 Å². The highest BCUT2D eigenvalue weighted by Gasteiger charge is 2.12. The summed E-state index contributed by atoms with van der Waals surface area (Å²) in [6.45, 7) is 0. The van der Waals surface area contributed by atoms with Gasteiger partial charge in [0, 0.05) is 8.59 Å². The Labute approximate surface area is 133 Å². The number of carboxylic acid groups (broad SMARTS) is 1. The van der Waals surface area contributed by atoms with Crippen molar-refractivity contribution >= 4 is 51.8 Å². The van der Waals surface area contributed by atoms with E-state index in [1.807, 2.05) is 22.6 Å². The molecule has 0 aliphatic carbocycles. The quantitative estimate of drug-likeness (QED) is 0.772. The number of hydrogen-bond donors (Lipinski definition) is 2. The van der Waals surface area contributed by atoms with Gasteiger partial charge in [-0.05, 0) is 52.9 Å². The lowest BCUT2D eigenvalue weighted by Crippen LogP contribution is -2.16. The highest BCUT2D eigenvalue weighted by molar-refractivity contribution is 14.1. The second-order valence-electron chi connectivity index (χ2n) is 3.79. The number of aromatic nitrogens is 1. The Morgan fingerprint density at radius 2 is 1.90 bits per heavy atom. The number of pyridine rings is 1. The van der Waals surface area contributed by atoms with Crippen molar-refractivity contribution < 1.29 is 14.7 Å². The lowest BCUT2D eigenvalue weighted by Gasteiger charge is -2.07. The molecule has 0 bridgehead atoms. The summed E-state index contributed by atoms with van der Waals surface area (Å²) < 4.78 is 0.776. The van der Waals surface area contributed by atoms with Crippen molar-refractivity contribution in [1.29, 1.82) is 0 Å². The predicted molar refractivity (Wildman–Crippen MR) is 83.3 cm³/mol. The van der Waals surface area contributed by atoms with Crippen molar-refractivity contribution in [1.82, 2.24) is 4.98 Å². The fraction of sp³-hybridized carbons (Fsp3) is 0. The van der Waals surface area contributed by atoms with Crippen LogP contribution in [0.2, 0.25) is 5.02 Å². The molecule has 0 radical (unpaired) electrons. The average molecular weight is 403 g/mol. The van der Waals surface area contributed by atoms with Crippen molar-refractivity contribution in [3.63, 3.8) is 0 Å². The SMILES string of the molecule is O=C(O)c1cccc(C(=O)Nc2ccc(Cl)cc2I)n1. The molecule has 0 atom stereocenters. The number of hydrogen-bond acceptors (Lipinski definition) is 3. The second kappa shape index (κ2) is 6.19. The van der Waals surface area contributed by atoms with Crippen LogP contribution in [0.3, 0.4) is 0 Å². The number of amides is 1. The van der Waals surface area contributed by atoms with Crippen LogP contribution in [0, 0.1) is 3.57 Å². The largest absolute Gasteiger partial charge is 0.477 e. The zero-order valence-electron chi connectivity index (χ0n) is 9.93. The molecule has 0 aliphatic rings. The monoisotopic (exact) mass is 402 g/mol. The first-order chi connectivity index (χ1) is 9.47. The molecule has 0 fully saturated rings. The first-order valence-electron chi connectivity index (χ1n) is 5.44. The number of carbonyl (C=O) groups excluding carboxylic acids is 1. The summed E-state index contributed by atoms with van der Waals surface area (Å²) in [5.74, 6) is -1.66. The summed E-state index contributed by atoms with van der Waals surface area (Å²) in [6, 6.07) is 9.27. The van der Waals surface area contributed by atoms with Crippen LogP contribution in [0.5, 0.6) is 0 Å². The molecule has 1 aromatic carbocycles. The number of carbonyl (C=O) groups is 2. The van der Waals surface area contributed by atoms with Crippen LogP contribution in [0.4, 0.5) is 5.69 Å². The third kappa shape index (κ3) is 3.45. The van der Waals surface area contributed by atoms with E-state index >= 15 is 0 Å². The van der Waals surface area contributed by atoms with E-state index in [1.165, 1.54) is 18.2 Å². The molecular formula is C13H8ClIN2O3. The van der Waals surface area contributed by atoms with Gasteiger partial charge in [-0.3, -0.25) is 4.79 Å². The average Bonchev–Trinajstić information content (AvgIpc) is 2.42. The van der Waals surface area contributed by atoms with E-state index in [0.29, 0.717) is 10.7 Å². The molecular weight excluding hydrogens is 395 g/mol. The number of nitrogens with zero attached hydrogens (tertiary/aromatic N) is 1. The Morgan fingerprint density at radius 1 is 1.20 bits per heavy atom. The molecule has 2 aromatic rings. The minimum Gasteiger partial charge on any atom is -0.477 e. The topological polar surface area (TPSA) is 79.3 Å². The standard InChI is InChI=1S/C13H8ClIN2O3/c14-7-4-5-9(8(15)6-7)17-12(18)10-2-1-3-11(16-10)13(19)20/h1-6H,(H,17,18)(H,19,20). The van der Waals surface area contributed by atoms with Gasteiger partial charge in [-0.25, -0.2) is 9.78 Å². The molecule has 1 amide bonds. The minimum absolute atomic E-state index is 0.0376. The van der Waals surface area contributed by atoms with Crippen LogP contribution < -0.4 is 5.32 Å². The molecule has 0 saturated heterocycles. The number of carboxylic acids is 1. The number of rotatable bonds is 3. The van der Waals surface area contributed by atoms with E-state index in [2.05, 4.69) is 10.3 Å². The predicted octanol–water partition coefficient (Wildman–Crippen LogP) is 3.29.